The predicted molar refractivity (Wildman–Crippen MR) is 67.2 cm³/mol. The number of carbonyl (C=O) groups excluding carboxylic acids is 1. The van der Waals surface area contributed by atoms with Gasteiger partial charge in [0.15, 0.2) is 0 Å². The Labute approximate surface area is 112 Å². The van der Waals surface area contributed by atoms with Crippen LogP contribution in [0.3, 0.4) is 0 Å². The highest BCUT2D eigenvalue weighted by Gasteiger charge is 2.21. The summed E-state index contributed by atoms with van der Waals surface area (Å²) < 4.78 is 30.2. The molecule has 0 unspecified atom stereocenters. The van der Waals surface area contributed by atoms with Crippen molar-refractivity contribution >= 4 is 16.0 Å². The van der Waals surface area contributed by atoms with Crippen LogP contribution in [0.2, 0.25) is 0 Å². The van der Waals surface area contributed by atoms with Crippen LogP contribution in [0.5, 0.6) is 5.75 Å². The van der Waals surface area contributed by atoms with Gasteiger partial charge in [-0.05, 0) is 37.6 Å². The Hall–Kier alpha value is -1.60. The van der Waals surface area contributed by atoms with Crippen LogP contribution in [0.15, 0.2) is 23.1 Å². The molecule has 0 N–H and O–H groups in total. The van der Waals surface area contributed by atoms with E-state index in [-0.39, 0.29) is 4.90 Å². The lowest BCUT2D eigenvalue weighted by Gasteiger charge is -2.18. The van der Waals surface area contributed by atoms with Gasteiger partial charge >= 0.3 is 0 Å². The highest BCUT2D eigenvalue weighted by molar-refractivity contribution is 7.89. The zero-order valence-electron chi connectivity index (χ0n) is 11.0. The number of hydrogen-bond donors (Lipinski definition) is 0. The average molecular weight is 286 g/mol. The molecule has 0 aromatic heterocycles. The number of sulfonamides is 1. The molecule has 0 spiro atoms. The van der Waals surface area contributed by atoms with Crippen molar-refractivity contribution in [2.24, 2.45) is 0 Å². The van der Waals surface area contributed by atoms with E-state index < -0.39 is 22.5 Å². The summed E-state index contributed by atoms with van der Waals surface area (Å²) in [5.74, 6) is -0.849. The zero-order chi connectivity index (χ0) is 14.6. The van der Waals surface area contributed by atoms with Crippen molar-refractivity contribution in [3.8, 4) is 5.75 Å². The summed E-state index contributed by atoms with van der Waals surface area (Å²) in [6, 6.07) is 4.39. The van der Waals surface area contributed by atoms with Crippen LogP contribution in [-0.4, -0.2) is 38.9 Å². The van der Waals surface area contributed by atoms with Crippen LogP contribution in [0.25, 0.3) is 0 Å². The first kappa shape index (κ1) is 15.5. The van der Waals surface area contributed by atoms with Gasteiger partial charge in [-0.3, -0.25) is 0 Å². The second-order valence-corrected chi connectivity index (χ2v) is 6.04. The van der Waals surface area contributed by atoms with Crippen LogP contribution >= 0.6 is 0 Å². The Morgan fingerprint density at radius 2 is 2.05 bits per heavy atom. The molecule has 0 saturated heterocycles. The van der Waals surface area contributed by atoms with Gasteiger partial charge in [0, 0.05) is 7.05 Å². The molecule has 6 nitrogen and oxygen atoms in total. The summed E-state index contributed by atoms with van der Waals surface area (Å²) in [5.41, 5.74) is 0.671. The van der Waals surface area contributed by atoms with Crippen LogP contribution < -0.4 is 9.84 Å². The maximum Gasteiger partial charge on any atom is 0.243 e. The number of carbonyl (C=O) groups is 1. The molecule has 1 rings (SSSR count). The fraction of sp³-hybridized carbons (Fsp3) is 0.417. The van der Waals surface area contributed by atoms with E-state index in [4.69, 9.17) is 4.74 Å². The number of benzene rings is 1. The average Bonchev–Trinajstić information content (AvgIpc) is 2.31. The van der Waals surface area contributed by atoms with Crippen molar-refractivity contribution in [1.29, 1.82) is 0 Å². The molecule has 0 aliphatic rings. The topological polar surface area (TPSA) is 86.7 Å². The molecule has 0 amide bonds. The first-order valence-corrected chi connectivity index (χ1v) is 7.12. The van der Waals surface area contributed by atoms with Crippen molar-refractivity contribution in [2.75, 3.05) is 20.2 Å². The molecule has 1 aromatic rings. The van der Waals surface area contributed by atoms with Gasteiger partial charge in [-0.1, -0.05) is 0 Å². The molecule has 0 aliphatic heterocycles. The van der Waals surface area contributed by atoms with E-state index in [1.807, 2.05) is 6.92 Å². The quantitative estimate of drug-likeness (QED) is 0.720. The molecule has 0 aliphatic carbocycles. The summed E-state index contributed by atoms with van der Waals surface area (Å²) in [6.45, 7) is 3.35. The van der Waals surface area contributed by atoms with Crippen LogP contribution in [0.1, 0.15) is 12.5 Å². The van der Waals surface area contributed by atoms with E-state index in [0.29, 0.717) is 17.9 Å². The lowest BCUT2D eigenvalue weighted by Crippen LogP contribution is -2.39. The summed E-state index contributed by atoms with van der Waals surface area (Å²) in [6.07, 6.45) is 0. The molecule has 1 aromatic carbocycles. The first-order valence-electron chi connectivity index (χ1n) is 5.68. The maximum atomic E-state index is 12.1. The monoisotopic (exact) mass is 286 g/mol. The van der Waals surface area contributed by atoms with E-state index in [9.17, 15) is 18.3 Å². The SMILES string of the molecule is CCOc1ccc(S(=O)(=O)N(C)CC(=O)[O-])cc1C. The molecule has 0 heterocycles. The molecular formula is C12H16NO5S-. The van der Waals surface area contributed by atoms with Gasteiger partial charge in [-0.15, -0.1) is 0 Å². The number of aryl methyl sites for hydroxylation is 1. The third-order valence-electron chi connectivity index (χ3n) is 2.51. The number of likely N-dealkylation sites (N-methyl/N-ethyl adjacent to an activating group) is 1. The van der Waals surface area contributed by atoms with Gasteiger partial charge in [-0.25, -0.2) is 8.42 Å². The minimum absolute atomic E-state index is 0.0252. The Kier molecular flexibility index (Phi) is 4.90. The van der Waals surface area contributed by atoms with Gasteiger partial charge in [0.05, 0.1) is 24.0 Å². The standard InChI is InChI=1S/C12H17NO5S/c1-4-18-11-6-5-10(7-9(11)2)19(16,17)13(3)8-12(14)15/h5-7H,4,8H2,1-3H3,(H,14,15)/p-1. The Bertz CT molecular complexity index is 567. The summed E-state index contributed by atoms with van der Waals surface area (Å²) in [5, 5.41) is 10.5. The number of ether oxygens (including phenoxy) is 1. The molecule has 0 atom stereocenters. The minimum atomic E-state index is -3.83. The maximum absolute atomic E-state index is 12.1. The van der Waals surface area contributed by atoms with E-state index in [1.54, 1.807) is 13.0 Å². The van der Waals surface area contributed by atoms with Crippen molar-refractivity contribution < 1.29 is 23.1 Å². The number of aliphatic carboxylic acids is 1. The highest BCUT2D eigenvalue weighted by Crippen LogP contribution is 2.23. The predicted octanol–water partition coefficient (Wildman–Crippen LogP) is -0.236. The van der Waals surface area contributed by atoms with Gasteiger partial charge < -0.3 is 14.6 Å². The van der Waals surface area contributed by atoms with Crippen LogP contribution in [0, 0.1) is 6.92 Å². The normalized spacial score (nSPS) is 11.6. The molecule has 7 heteroatoms. The molecule has 0 bridgehead atoms. The Morgan fingerprint density at radius 3 is 2.53 bits per heavy atom. The molecule has 0 saturated carbocycles. The van der Waals surface area contributed by atoms with Crippen molar-refractivity contribution in [3.63, 3.8) is 0 Å². The van der Waals surface area contributed by atoms with Crippen molar-refractivity contribution in [1.82, 2.24) is 4.31 Å². The number of carboxylic acids is 1. The van der Waals surface area contributed by atoms with Gasteiger partial charge in [-0.2, -0.15) is 4.31 Å². The Balaban J connectivity index is 3.09. The second-order valence-electron chi connectivity index (χ2n) is 3.99. The number of nitrogens with zero attached hydrogens (tertiary/aromatic N) is 1. The van der Waals surface area contributed by atoms with Gasteiger partial charge in [0.25, 0.3) is 0 Å². The van der Waals surface area contributed by atoms with Crippen LogP contribution in [-0.2, 0) is 14.8 Å². The van der Waals surface area contributed by atoms with Crippen molar-refractivity contribution in [2.45, 2.75) is 18.7 Å². The smallest absolute Gasteiger partial charge is 0.243 e. The largest absolute Gasteiger partial charge is 0.549 e. The lowest BCUT2D eigenvalue weighted by molar-refractivity contribution is -0.305. The molecular weight excluding hydrogens is 270 g/mol. The van der Waals surface area contributed by atoms with Crippen molar-refractivity contribution in [3.05, 3.63) is 23.8 Å². The first-order chi connectivity index (χ1) is 8.78. The Morgan fingerprint density at radius 1 is 1.42 bits per heavy atom. The van der Waals surface area contributed by atoms with Gasteiger partial charge in [0.2, 0.25) is 10.0 Å². The third-order valence-corrected chi connectivity index (χ3v) is 4.31. The fourth-order valence-electron chi connectivity index (χ4n) is 1.55. The summed E-state index contributed by atoms with van der Waals surface area (Å²) >= 11 is 0. The molecule has 106 valence electrons. The molecule has 19 heavy (non-hydrogen) atoms. The lowest BCUT2D eigenvalue weighted by atomic mass is 10.2. The van der Waals surface area contributed by atoms with Crippen LogP contribution in [0.4, 0.5) is 0 Å². The minimum Gasteiger partial charge on any atom is -0.549 e. The third kappa shape index (κ3) is 3.68. The van der Waals surface area contributed by atoms with E-state index in [0.717, 1.165) is 4.31 Å². The molecule has 0 radical (unpaired) electrons. The number of carboxylic acid groups (broad SMARTS) is 1. The van der Waals surface area contributed by atoms with E-state index in [2.05, 4.69) is 0 Å². The fourth-order valence-corrected chi connectivity index (χ4v) is 2.75. The van der Waals surface area contributed by atoms with E-state index >= 15 is 0 Å². The number of rotatable bonds is 6. The number of hydrogen-bond acceptors (Lipinski definition) is 5. The highest BCUT2D eigenvalue weighted by atomic mass is 32.2. The zero-order valence-corrected chi connectivity index (χ0v) is 11.9. The molecule has 0 fully saturated rings. The second kappa shape index (κ2) is 6.03. The van der Waals surface area contributed by atoms with E-state index in [1.165, 1.54) is 19.2 Å². The van der Waals surface area contributed by atoms with Gasteiger partial charge in [0.1, 0.15) is 5.75 Å². The summed E-state index contributed by atoms with van der Waals surface area (Å²) in [4.78, 5) is 10.5. The summed E-state index contributed by atoms with van der Waals surface area (Å²) in [7, 11) is -2.64.